The van der Waals surface area contributed by atoms with Gasteiger partial charge in [0.05, 0.1) is 9.77 Å². The summed E-state index contributed by atoms with van der Waals surface area (Å²) in [5.74, 6) is -0.234. The lowest BCUT2D eigenvalue weighted by Crippen LogP contribution is -2.44. The second-order valence-electron chi connectivity index (χ2n) is 7.50. The number of sulfonamides is 1. The number of carbonyl (C=O) groups is 2. The average molecular weight is 450 g/mol. The van der Waals surface area contributed by atoms with Crippen molar-refractivity contribution in [1.29, 1.82) is 0 Å². The molecule has 0 radical (unpaired) electrons. The Bertz CT molecular complexity index is 995. The molecule has 0 saturated carbocycles. The fraction of sp³-hybridized carbons (Fsp3) is 0.429. The van der Waals surface area contributed by atoms with E-state index in [0.717, 1.165) is 5.56 Å². The largest absolute Gasteiger partial charge is 0.355 e. The molecule has 1 aliphatic heterocycles. The van der Waals surface area contributed by atoms with E-state index in [1.165, 1.54) is 11.3 Å². The molecule has 1 aromatic heterocycles. The number of carbonyl (C=O) groups excluding carboxylic acids is 2. The van der Waals surface area contributed by atoms with Gasteiger partial charge in [-0.15, -0.1) is 11.3 Å². The van der Waals surface area contributed by atoms with Gasteiger partial charge in [-0.3, -0.25) is 9.59 Å². The summed E-state index contributed by atoms with van der Waals surface area (Å²) in [5, 5.41) is 4.68. The molecule has 1 saturated heterocycles. The Hall–Kier alpha value is -2.23. The number of piperidine rings is 1. The first kappa shape index (κ1) is 22.5. The third kappa shape index (κ3) is 5.47. The molecule has 162 valence electrons. The summed E-state index contributed by atoms with van der Waals surface area (Å²) in [6.45, 7) is 5.04. The highest BCUT2D eigenvalue weighted by Gasteiger charge is 2.28. The number of hydrogen-bond donors (Lipinski definition) is 2. The van der Waals surface area contributed by atoms with Crippen molar-refractivity contribution in [3.63, 3.8) is 0 Å². The van der Waals surface area contributed by atoms with Crippen molar-refractivity contribution in [2.45, 2.75) is 31.6 Å². The maximum absolute atomic E-state index is 12.5. The summed E-state index contributed by atoms with van der Waals surface area (Å²) in [7, 11) is -3.62. The number of amides is 2. The van der Waals surface area contributed by atoms with Crippen LogP contribution in [0.2, 0.25) is 0 Å². The predicted molar refractivity (Wildman–Crippen MR) is 117 cm³/mol. The molecular formula is C21H27N3O4S2. The fourth-order valence-electron chi connectivity index (χ4n) is 3.49. The van der Waals surface area contributed by atoms with Gasteiger partial charge >= 0.3 is 0 Å². The highest BCUT2D eigenvalue weighted by Crippen LogP contribution is 2.21. The van der Waals surface area contributed by atoms with Gasteiger partial charge in [0.2, 0.25) is 15.9 Å². The van der Waals surface area contributed by atoms with E-state index in [2.05, 4.69) is 10.0 Å². The van der Waals surface area contributed by atoms with Crippen LogP contribution in [-0.2, 0) is 14.8 Å². The zero-order chi connectivity index (χ0) is 21.7. The molecular weight excluding hydrogens is 422 g/mol. The van der Waals surface area contributed by atoms with E-state index in [4.69, 9.17) is 0 Å². The first-order valence-corrected chi connectivity index (χ1v) is 12.3. The summed E-state index contributed by atoms with van der Waals surface area (Å²) in [6.07, 6.45) is 1.22. The van der Waals surface area contributed by atoms with Gasteiger partial charge in [-0.25, -0.2) is 13.1 Å². The summed E-state index contributed by atoms with van der Waals surface area (Å²) in [5.41, 5.74) is 1.55. The van der Waals surface area contributed by atoms with E-state index in [-0.39, 0.29) is 35.7 Å². The molecule has 0 bridgehead atoms. The molecule has 1 aliphatic rings. The van der Waals surface area contributed by atoms with Crippen molar-refractivity contribution in [2.75, 3.05) is 26.2 Å². The van der Waals surface area contributed by atoms with Crippen molar-refractivity contribution in [3.05, 3.63) is 51.7 Å². The molecule has 2 heterocycles. The van der Waals surface area contributed by atoms with Gasteiger partial charge in [-0.05, 0) is 55.3 Å². The Morgan fingerprint density at radius 1 is 1.13 bits per heavy atom. The molecule has 30 heavy (non-hydrogen) atoms. The van der Waals surface area contributed by atoms with Crippen LogP contribution in [0.3, 0.4) is 0 Å². The fourth-order valence-corrected chi connectivity index (χ4v) is 5.54. The van der Waals surface area contributed by atoms with Crippen LogP contribution in [0.4, 0.5) is 0 Å². The van der Waals surface area contributed by atoms with Gasteiger partial charge in [-0.2, -0.15) is 0 Å². The number of nitrogens with one attached hydrogen (secondary N) is 2. The number of likely N-dealkylation sites (tertiary alicyclic amines) is 1. The van der Waals surface area contributed by atoms with E-state index in [1.807, 2.05) is 30.5 Å². The van der Waals surface area contributed by atoms with E-state index >= 15 is 0 Å². The van der Waals surface area contributed by atoms with E-state index in [0.29, 0.717) is 36.4 Å². The number of nitrogens with zero attached hydrogens (tertiary/aromatic N) is 1. The Kier molecular flexibility index (Phi) is 7.27. The second kappa shape index (κ2) is 9.72. The van der Waals surface area contributed by atoms with Crippen molar-refractivity contribution in [2.24, 2.45) is 5.92 Å². The molecule has 2 amide bonds. The highest BCUT2D eigenvalue weighted by atomic mass is 32.2. The van der Waals surface area contributed by atoms with Crippen LogP contribution in [0.1, 0.15) is 33.6 Å². The van der Waals surface area contributed by atoms with Crippen molar-refractivity contribution in [1.82, 2.24) is 14.9 Å². The standard InChI is InChI=1S/C21H27N3O4S2/c1-15-5-6-16(2)19(14-15)30(27,28)23-10-9-22-20(25)17-7-11-24(12-8-17)21(26)18-4-3-13-29-18/h3-6,13-14,17,23H,7-12H2,1-2H3,(H,22,25). The number of aryl methyl sites for hydroxylation is 2. The van der Waals surface area contributed by atoms with E-state index in [1.54, 1.807) is 24.0 Å². The minimum Gasteiger partial charge on any atom is -0.355 e. The molecule has 0 spiro atoms. The number of benzene rings is 1. The molecule has 3 rings (SSSR count). The Morgan fingerprint density at radius 3 is 2.53 bits per heavy atom. The Labute approximate surface area is 181 Å². The average Bonchev–Trinajstić information content (AvgIpc) is 3.27. The summed E-state index contributed by atoms with van der Waals surface area (Å²) in [4.78, 5) is 27.5. The second-order valence-corrected chi connectivity index (χ2v) is 10.2. The van der Waals surface area contributed by atoms with Crippen LogP contribution >= 0.6 is 11.3 Å². The van der Waals surface area contributed by atoms with E-state index in [9.17, 15) is 18.0 Å². The van der Waals surface area contributed by atoms with Crippen LogP contribution in [0.15, 0.2) is 40.6 Å². The van der Waals surface area contributed by atoms with Crippen LogP contribution < -0.4 is 10.0 Å². The molecule has 0 aliphatic carbocycles. The maximum Gasteiger partial charge on any atom is 0.263 e. The molecule has 1 aromatic carbocycles. The van der Waals surface area contributed by atoms with Gasteiger partial charge in [0, 0.05) is 32.1 Å². The zero-order valence-electron chi connectivity index (χ0n) is 17.2. The van der Waals surface area contributed by atoms with Crippen molar-refractivity contribution < 1.29 is 18.0 Å². The Morgan fingerprint density at radius 2 is 1.87 bits per heavy atom. The predicted octanol–water partition coefficient (Wildman–Crippen LogP) is 2.31. The monoisotopic (exact) mass is 449 g/mol. The van der Waals surface area contributed by atoms with Crippen molar-refractivity contribution >= 4 is 33.2 Å². The first-order chi connectivity index (χ1) is 14.3. The lowest BCUT2D eigenvalue weighted by atomic mass is 9.96. The smallest absolute Gasteiger partial charge is 0.263 e. The summed E-state index contributed by atoms with van der Waals surface area (Å²) >= 11 is 1.42. The zero-order valence-corrected chi connectivity index (χ0v) is 18.8. The molecule has 7 nitrogen and oxygen atoms in total. The third-order valence-corrected chi connectivity index (χ3v) is 7.70. The first-order valence-electron chi connectivity index (χ1n) is 9.95. The van der Waals surface area contributed by atoms with E-state index < -0.39 is 10.0 Å². The van der Waals surface area contributed by atoms with Gasteiger partial charge in [0.1, 0.15) is 0 Å². The van der Waals surface area contributed by atoms with Crippen LogP contribution in [0.25, 0.3) is 0 Å². The number of hydrogen-bond acceptors (Lipinski definition) is 5. The van der Waals surface area contributed by atoms with Gasteiger partial charge in [-0.1, -0.05) is 18.2 Å². The van der Waals surface area contributed by atoms with Crippen molar-refractivity contribution in [3.8, 4) is 0 Å². The molecule has 9 heteroatoms. The normalized spacial score (nSPS) is 15.2. The minimum absolute atomic E-state index is 0.0182. The molecule has 0 atom stereocenters. The van der Waals surface area contributed by atoms with Crippen LogP contribution in [0.5, 0.6) is 0 Å². The molecule has 2 N–H and O–H groups in total. The lowest BCUT2D eigenvalue weighted by molar-refractivity contribution is -0.126. The van der Waals surface area contributed by atoms with Crippen LogP contribution in [0, 0.1) is 19.8 Å². The topological polar surface area (TPSA) is 95.6 Å². The molecule has 0 unspecified atom stereocenters. The highest BCUT2D eigenvalue weighted by molar-refractivity contribution is 7.89. The lowest BCUT2D eigenvalue weighted by Gasteiger charge is -2.31. The molecule has 1 fully saturated rings. The quantitative estimate of drug-likeness (QED) is 0.634. The maximum atomic E-state index is 12.5. The third-order valence-electron chi connectivity index (χ3n) is 5.23. The summed E-state index contributed by atoms with van der Waals surface area (Å²) < 4.78 is 27.5. The Balaban J connectivity index is 1.42. The van der Waals surface area contributed by atoms with Gasteiger partial charge in [0.25, 0.3) is 5.91 Å². The van der Waals surface area contributed by atoms with Crippen LogP contribution in [-0.4, -0.2) is 51.3 Å². The molecule has 2 aromatic rings. The SMILES string of the molecule is Cc1ccc(C)c(S(=O)(=O)NCCNC(=O)C2CCN(C(=O)c3cccs3)CC2)c1. The minimum atomic E-state index is -3.62. The number of rotatable bonds is 7. The van der Waals surface area contributed by atoms with Gasteiger partial charge < -0.3 is 10.2 Å². The number of thiophene rings is 1. The summed E-state index contributed by atoms with van der Waals surface area (Å²) in [6, 6.07) is 8.95. The van der Waals surface area contributed by atoms with Gasteiger partial charge in [0.15, 0.2) is 0 Å².